The molecule has 24 heavy (non-hydrogen) atoms. The first-order chi connectivity index (χ1) is 11.3. The summed E-state index contributed by atoms with van der Waals surface area (Å²) < 4.78 is 3.80. The molecule has 2 heterocycles. The lowest BCUT2D eigenvalue weighted by Gasteiger charge is -2.12. The van der Waals surface area contributed by atoms with E-state index < -0.39 is 5.91 Å². The Morgan fingerprint density at radius 3 is 2.71 bits per heavy atom. The second-order valence-corrected chi connectivity index (χ2v) is 6.33. The molecule has 2 aromatic heterocycles. The van der Waals surface area contributed by atoms with Crippen LogP contribution in [0, 0.1) is 31.1 Å². The summed E-state index contributed by atoms with van der Waals surface area (Å²) >= 11 is 0. The van der Waals surface area contributed by atoms with E-state index in [1.807, 2.05) is 26.0 Å². The van der Waals surface area contributed by atoms with Crippen LogP contribution in [0.3, 0.4) is 0 Å². The number of nitriles is 1. The molecule has 0 spiro atoms. The van der Waals surface area contributed by atoms with Crippen LogP contribution in [0.4, 0.5) is 5.82 Å². The average molecular weight is 325 g/mol. The highest BCUT2D eigenvalue weighted by Gasteiger charge is 2.14. The van der Waals surface area contributed by atoms with Gasteiger partial charge in [0.05, 0.1) is 0 Å². The first kappa shape index (κ1) is 17.5. The molecule has 0 atom stereocenters. The Balaban J connectivity index is 2.27. The molecule has 126 valence electrons. The molecule has 0 aromatic carbocycles. The van der Waals surface area contributed by atoms with Gasteiger partial charge in [-0.1, -0.05) is 13.8 Å². The third kappa shape index (κ3) is 3.93. The van der Waals surface area contributed by atoms with Crippen LogP contribution in [0.15, 0.2) is 23.9 Å². The third-order valence-electron chi connectivity index (χ3n) is 3.78. The number of anilines is 1. The lowest BCUT2D eigenvalue weighted by atomic mass is 10.1. The van der Waals surface area contributed by atoms with Gasteiger partial charge in [0, 0.05) is 37.2 Å². The molecule has 0 aliphatic heterocycles. The first-order valence-corrected chi connectivity index (χ1v) is 7.91. The van der Waals surface area contributed by atoms with Gasteiger partial charge in [0.1, 0.15) is 11.6 Å². The Morgan fingerprint density at radius 1 is 1.46 bits per heavy atom. The van der Waals surface area contributed by atoms with Crippen LogP contribution in [0.1, 0.15) is 30.8 Å². The average Bonchev–Trinajstić information content (AvgIpc) is 3.02. The molecular formula is C18H23N5O. The summed E-state index contributed by atoms with van der Waals surface area (Å²) in [5, 5.41) is 16.1. The van der Waals surface area contributed by atoms with Gasteiger partial charge >= 0.3 is 0 Å². The number of carbonyl (C=O) groups excluding carboxylic acids is 1. The van der Waals surface area contributed by atoms with Gasteiger partial charge in [-0.3, -0.25) is 9.48 Å². The van der Waals surface area contributed by atoms with E-state index in [0.29, 0.717) is 11.7 Å². The number of rotatable bonds is 5. The molecule has 1 amide bonds. The monoisotopic (exact) mass is 325 g/mol. The summed E-state index contributed by atoms with van der Waals surface area (Å²) in [5.41, 5.74) is 3.13. The Labute approximate surface area is 142 Å². The zero-order valence-electron chi connectivity index (χ0n) is 14.8. The number of nitrogens with one attached hydrogen (secondary N) is 1. The second-order valence-electron chi connectivity index (χ2n) is 6.33. The molecule has 0 aliphatic carbocycles. The van der Waals surface area contributed by atoms with E-state index in [2.05, 4.69) is 28.8 Å². The zero-order chi connectivity index (χ0) is 17.9. The van der Waals surface area contributed by atoms with Gasteiger partial charge in [-0.05, 0) is 37.5 Å². The molecule has 0 bridgehead atoms. The minimum atomic E-state index is -0.454. The summed E-state index contributed by atoms with van der Waals surface area (Å²) in [4.78, 5) is 12.3. The number of aryl methyl sites for hydroxylation is 2. The van der Waals surface area contributed by atoms with Crippen molar-refractivity contribution in [1.82, 2.24) is 14.3 Å². The molecule has 0 fully saturated rings. The Bertz CT molecular complexity index is 817. The van der Waals surface area contributed by atoms with E-state index in [4.69, 9.17) is 0 Å². The molecule has 6 nitrogen and oxygen atoms in total. The highest BCUT2D eigenvalue weighted by Crippen LogP contribution is 2.20. The summed E-state index contributed by atoms with van der Waals surface area (Å²) in [6, 6.07) is 5.66. The quantitative estimate of drug-likeness (QED) is 0.678. The maximum Gasteiger partial charge on any atom is 0.267 e. The molecule has 0 radical (unpaired) electrons. The van der Waals surface area contributed by atoms with Crippen LogP contribution < -0.4 is 5.32 Å². The predicted octanol–water partition coefficient (Wildman–Crippen LogP) is 3.04. The number of hydrogen-bond donors (Lipinski definition) is 1. The van der Waals surface area contributed by atoms with Gasteiger partial charge in [-0.15, -0.1) is 0 Å². The number of aromatic nitrogens is 3. The molecule has 0 saturated carbocycles. The topological polar surface area (TPSA) is 75.6 Å². The first-order valence-electron chi connectivity index (χ1n) is 7.91. The van der Waals surface area contributed by atoms with Gasteiger partial charge in [0.15, 0.2) is 5.82 Å². The van der Waals surface area contributed by atoms with E-state index in [-0.39, 0.29) is 5.57 Å². The van der Waals surface area contributed by atoms with Crippen molar-refractivity contribution in [3.8, 4) is 6.07 Å². The summed E-state index contributed by atoms with van der Waals surface area (Å²) in [6.45, 7) is 9.28. The van der Waals surface area contributed by atoms with E-state index >= 15 is 0 Å². The summed E-state index contributed by atoms with van der Waals surface area (Å²) in [7, 11) is 1.76. The van der Waals surface area contributed by atoms with Crippen molar-refractivity contribution in [2.24, 2.45) is 13.0 Å². The molecule has 0 unspecified atom stereocenters. The van der Waals surface area contributed by atoms with Crippen LogP contribution in [0.25, 0.3) is 6.08 Å². The van der Waals surface area contributed by atoms with Crippen molar-refractivity contribution in [2.45, 2.75) is 34.2 Å². The number of nitrogens with zero attached hydrogens (tertiary/aromatic N) is 4. The normalized spacial score (nSPS) is 11.6. The Kier molecular flexibility index (Phi) is 5.24. The van der Waals surface area contributed by atoms with Gasteiger partial charge in [-0.2, -0.15) is 10.4 Å². The highest BCUT2D eigenvalue weighted by molar-refractivity contribution is 6.09. The third-order valence-corrected chi connectivity index (χ3v) is 3.78. The zero-order valence-corrected chi connectivity index (χ0v) is 14.8. The summed E-state index contributed by atoms with van der Waals surface area (Å²) in [6.07, 6.45) is 3.36. The van der Waals surface area contributed by atoms with E-state index in [1.54, 1.807) is 30.1 Å². The molecule has 0 saturated heterocycles. The van der Waals surface area contributed by atoms with Crippen LogP contribution in [-0.2, 0) is 18.4 Å². The lowest BCUT2D eigenvalue weighted by Crippen LogP contribution is -2.14. The van der Waals surface area contributed by atoms with Crippen molar-refractivity contribution in [3.05, 3.63) is 40.9 Å². The SMILES string of the molecule is Cc1cc(/C=C(\C#N)C(=O)Nc2ccn(C)n2)c(C)n1CC(C)C. The molecule has 1 N–H and O–H groups in total. The van der Waals surface area contributed by atoms with Gasteiger partial charge < -0.3 is 9.88 Å². The van der Waals surface area contributed by atoms with Crippen molar-refractivity contribution in [2.75, 3.05) is 5.32 Å². The fraction of sp³-hybridized carbons (Fsp3) is 0.389. The van der Waals surface area contributed by atoms with Gasteiger partial charge in [0.25, 0.3) is 5.91 Å². The Morgan fingerprint density at radius 2 is 2.17 bits per heavy atom. The van der Waals surface area contributed by atoms with Gasteiger partial charge in [0.2, 0.25) is 0 Å². The van der Waals surface area contributed by atoms with Crippen LogP contribution in [0.5, 0.6) is 0 Å². The van der Waals surface area contributed by atoms with Crippen LogP contribution >= 0.6 is 0 Å². The number of amides is 1. The minimum absolute atomic E-state index is 0.0606. The molecule has 0 aliphatic rings. The number of hydrogen-bond acceptors (Lipinski definition) is 3. The van der Waals surface area contributed by atoms with Crippen LogP contribution in [-0.4, -0.2) is 20.3 Å². The smallest absolute Gasteiger partial charge is 0.267 e. The minimum Gasteiger partial charge on any atom is -0.348 e. The van der Waals surface area contributed by atoms with Crippen molar-refractivity contribution in [1.29, 1.82) is 5.26 Å². The lowest BCUT2D eigenvalue weighted by molar-refractivity contribution is -0.112. The largest absolute Gasteiger partial charge is 0.348 e. The maximum absolute atomic E-state index is 12.3. The predicted molar refractivity (Wildman–Crippen MR) is 94.2 cm³/mol. The summed E-state index contributed by atoms with van der Waals surface area (Å²) in [5.74, 6) is 0.494. The molecule has 2 rings (SSSR count). The maximum atomic E-state index is 12.3. The van der Waals surface area contributed by atoms with Gasteiger partial charge in [-0.25, -0.2) is 0 Å². The van der Waals surface area contributed by atoms with Crippen molar-refractivity contribution < 1.29 is 4.79 Å². The molecule has 2 aromatic rings. The van der Waals surface area contributed by atoms with E-state index in [9.17, 15) is 10.1 Å². The van der Waals surface area contributed by atoms with Crippen LogP contribution in [0.2, 0.25) is 0 Å². The fourth-order valence-electron chi connectivity index (χ4n) is 2.59. The molecule has 6 heteroatoms. The van der Waals surface area contributed by atoms with E-state index in [0.717, 1.165) is 23.5 Å². The Hall–Kier alpha value is -2.81. The van der Waals surface area contributed by atoms with E-state index in [1.165, 1.54) is 0 Å². The van der Waals surface area contributed by atoms with Crippen molar-refractivity contribution in [3.63, 3.8) is 0 Å². The number of carbonyl (C=O) groups is 1. The standard InChI is InChI=1S/C18H23N5O/c1-12(2)11-23-13(3)8-15(14(23)4)9-16(10-19)18(24)20-17-6-7-22(5)21-17/h6-9,12H,11H2,1-5H3,(H,20,21,24)/b16-9+. The highest BCUT2D eigenvalue weighted by atomic mass is 16.1. The van der Waals surface area contributed by atoms with Crippen molar-refractivity contribution >= 4 is 17.8 Å². The molecular weight excluding hydrogens is 302 g/mol. The second kappa shape index (κ2) is 7.18. The fourth-order valence-corrected chi connectivity index (χ4v) is 2.59.